The Morgan fingerprint density at radius 1 is 1.44 bits per heavy atom. The standard InChI is InChI=1S/C11H10N2O2S/c1-15-10-5-3-2-4-9(10)13-8(7-14)6-12-11(13)16/h2-7H,1H3,(H,12,16). The van der Waals surface area contributed by atoms with Gasteiger partial charge in [0, 0.05) is 6.20 Å². The van der Waals surface area contributed by atoms with E-state index in [9.17, 15) is 4.79 Å². The molecule has 0 unspecified atom stereocenters. The van der Waals surface area contributed by atoms with Crippen molar-refractivity contribution in [3.05, 3.63) is 40.9 Å². The lowest BCUT2D eigenvalue weighted by Crippen LogP contribution is -2.01. The van der Waals surface area contributed by atoms with Gasteiger partial charge in [0.15, 0.2) is 11.1 Å². The van der Waals surface area contributed by atoms with Crippen molar-refractivity contribution >= 4 is 18.5 Å². The smallest absolute Gasteiger partial charge is 0.182 e. The number of aromatic nitrogens is 2. The average Bonchev–Trinajstić information content (AvgIpc) is 2.70. The van der Waals surface area contributed by atoms with Crippen LogP contribution in [0.3, 0.4) is 0 Å². The van der Waals surface area contributed by atoms with E-state index in [1.165, 1.54) is 0 Å². The number of ether oxygens (including phenoxy) is 1. The molecule has 1 aromatic heterocycles. The molecule has 0 aliphatic carbocycles. The molecular formula is C11H10N2O2S. The molecule has 0 amide bonds. The molecule has 0 bridgehead atoms. The average molecular weight is 234 g/mol. The first-order valence-corrected chi connectivity index (χ1v) is 5.07. The third-order valence-corrected chi connectivity index (χ3v) is 2.55. The molecule has 82 valence electrons. The second-order valence-corrected chi connectivity index (χ2v) is 3.53. The second kappa shape index (κ2) is 4.32. The lowest BCUT2D eigenvalue weighted by molar-refractivity contribution is 0.111. The lowest BCUT2D eigenvalue weighted by atomic mass is 10.3. The van der Waals surface area contributed by atoms with Gasteiger partial charge in [-0.15, -0.1) is 0 Å². The monoisotopic (exact) mass is 234 g/mol. The van der Waals surface area contributed by atoms with Gasteiger partial charge in [0.05, 0.1) is 12.8 Å². The maximum Gasteiger partial charge on any atom is 0.182 e. The van der Waals surface area contributed by atoms with Gasteiger partial charge in [0.25, 0.3) is 0 Å². The minimum absolute atomic E-state index is 0.464. The van der Waals surface area contributed by atoms with Gasteiger partial charge < -0.3 is 9.72 Å². The molecule has 1 N–H and O–H groups in total. The Labute approximate surface area is 97.5 Å². The molecule has 2 aromatic rings. The number of H-pyrrole nitrogens is 1. The normalized spacial score (nSPS) is 10.1. The molecule has 0 saturated heterocycles. The zero-order valence-electron chi connectivity index (χ0n) is 8.64. The van der Waals surface area contributed by atoms with E-state index in [2.05, 4.69) is 4.98 Å². The number of imidazole rings is 1. The first-order valence-electron chi connectivity index (χ1n) is 4.67. The van der Waals surface area contributed by atoms with Crippen molar-refractivity contribution in [1.29, 1.82) is 0 Å². The van der Waals surface area contributed by atoms with Gasteiger partial charge >= 0.3 is 0 Å². The third-order valence-electron chi connectivity index (χ3n) is 2.25. The van der Waals surface area contributed by atoms with E-state index in [0.29, 0.717) is 16.2 Å². The van der Waals surface area contributed by atoms with Crippen LogP contribution in [-0.4, -0.2) is 22.9 Å². The topological polar surface area (TPSA) is 47.0 Å². The fourth-order valence-corrected chi connectivity index (χ4v) is 1.79. The number of nitrogens with zero attached hydrogens (tertiary/aromatic N) is 1. The number of rotatable bonds is 3. The van der Waals surface area contributed by atoms with Gasteiger partial charge in [0.2, 0.25) is 0 Å². The highest BCUT2D eigenvalue weighted by atomic mass is 32.1. The minimum Gasteiger partial charge on any atom is -0.495 e. The summed E-state index contributed by atoms with van der Waals surface area (Å²) >= 11 is 5.12. The number of hydrogen-bond donors (Lipinski definition) is 1. The van der Waals surface area contributed by atoms with Crippen molar-refractivity contribution < 1.29 is 9.53 Å². The zero-order chi connectivity index (χ0) is 11.5. The Kier molecular flexibility index (Phi) is 2.87. The maximum atomic E-state index is 10.9. The number of nitrogens with one attached hydrogen (secondary N) is 1. The SMILES string of the molecule is COc1ccccc1-n1c(C=O)c[nH]c1=S. The van der Waals surface area contributed by atoms with Crippen LogP contribution in [0, 0.1) is 4.77 Å². The Morgan fingerprint density at radius 3 is 2.88 bits per heavy atom. The molecule has 0 radical (unpaired) electrons. The summed E-state index contributed by atoms with van der Waals surface area (Å²) in [5.74, 6) is 0.668. The lowest BCUT2D eigenvalue weighted by Gasteiger charge is -2.09. The van der Waals surface area contributed by atoms with Crippen LogP contribution in [0.1, 0.15) is 10.5 Å². The summed E-state index contributed by atoms with van der Waals surface area (Å²) in [7, 11) is 1.58. The summed E-state index contributed by atoms with van der Waals surface area (Å²) in [5.41, 5.74) is 1.22. The highest BCUT2D eigenvalue weighted by Gasteiger charge is 2.09. The van der Waals surface area contributed by atoms with Crippen LogP contribution in [0.5, 0.6) is 5.75 Å². The van der Waals surface area contributed by atoms with Crippen molar-refractivity contribution in [2.75, 3.05) is 7.11 Å². The molecule has 0 saturated carbocycles. The number of aldehydes is 1. The van der Waals surface area contributed by atoms with Crippen molar-refractivity contribution in [3.63, 3.8) is 0 Å². The van der Waals surface area contributed by atoms with E-state index >= 15 is 0 Å². The van der Waals surface area contributed by atoms with E-state index in [0.717, 1.165) is 12.0 Å². The Hall–Kier alpha value is -1.88. The number of hydrogen-bond acceptors (Lipinski definition) is 3. The number of carbonyl (C=O) groups is 1. The number of aromatic amines is 1. The predicted molar refractivity (Wildman–Crippen MR) is 62.9 cm³/mol. The fourth-order valence-electron chi connectivity index (χ4n) is 1.53. The van der Waals surface area contributed by atoms with Crippen LogP contribution >= 0.6 is 12.2 Å². The summed E-state index contributed by atoms with van der Waals surface area (Å²) in [6.45, 7) is 0. The van der Waals surface area contributed by atoms with Gasteiger partial charge in [-0.1, -0.05) is 12.1 Å². The summed E-state index contributed by atoms with van der Waals surface area (Å²) in [5, 5.41) is 0. The van der Waals surface area contributed by atoms with Crippen LogP contribution in [0.4, 0.5) is 0 Å². The quantitative estimate of drug-likeness (QED) is 0.655. The van der Waals surface area contributed by atoms with E-state index in [4.69, 9.17) is 17.0 Å². The van der Waals surface area contributed by atoms with Gasteiger partial charge in [-0.05, 0) is 24.4 Å². The number of para-hydroxylation sites is 2. The molecule has 4 nitrogen and oxygen atoms in total. The van der Waals surface area contributed by atoms with Crippen LogP contribution in [-0.2, 0) is 0 Å². The van der Waals surface area contributed by atoms with Crippen LogP contribution in [0.2, 0.25) is 0 Å². The zero-order valence-corrected chi connectivity index (χ0v) is 9.45. The van der Waals surface area contributed by atoms with E-state index < -0.39 is 0 Å². The van der Waals surface area contributed by atoms with Crippen LogP contribution < -0.4 is 4.74 Å². The Bertz CT molecular complexity index is 571. The molecule has 16 heavy (non-hydrogen) atoms. The molecule has 5 heteroatoms. The fraction of sp³-hybridized carbons (Fsp3) is 0.0909. The molecule has 0 aliphatic heterocycles. The first-order chi connectivity index (χ1) is 7.77. The van der Waals surface area contributed by atoms with E-state index in [1.807, 2.05) is 24.3 Å². The summed E-state index contributed by atoms with van der Waals surface area (Å²) in [6, 6.07) is 7.38. The van der Waals surface area contributed by atoms with E-state index in [1.54, 1.807) is 17.9 Å². The molecular weight excluding hydrogens is 224 g/mol. The van der Waals surface area contributed by atoms with E-state index in [-0.39, 0.29) is 0 Å². The first kappa shape index (κ1) is 10.6. The molecule has 0 spiro atoms. The van der Waals surface area contributed by atoms with Crippen LogP contribution in [0.15, 0.2) is 30.5 Å². The van der Waals surface area contributed by atoms with Crippen molar-refractivity contribution in [2.24, 2.45) is 0 Å². The van der Waals surface area contributed by atoms with Crippen LogP contribution in [0.25, 0.3) is 5.69 Å². The predicted octanol–water partition coefficient (Wildman–Crippen LogP) is 2.36. The molecule has 0 fully saturated rings. The molecule has 2 rings (SSSR count). The third kappa shape index (κ3) is 1.65. The largest absolute Gasteiger partial charge is 0.495 e. The number of methoxy groups -OCH3 is 1. The van der Waals surface area contributed by atoms with Crippen molar-refractivity contribution in [2.45, 2.75) is 0 Å². The van der Waals surface area contributed by atoms with Crippen molar-refractivity contribution in [3.8, 4) is 11.4 Å². The molecule has 1 heterocycles. The highest BCUT2D eigenvalue weighted by molar-refractivity contribution is 7.71. The van der Waals surface area contributed by atoms with Gasteiger partial charge in [-0.2, -0.15) is 0 Å². The second-order valence-electron chi connectivity index (χ2n) is 3.14. The van der Waals surface area contributed by atoms with Gasteiger partial charge in [-0.3, -0.25) is 9.36 Å². The number of benzene rings is 1. The number of carbonyl (C=O) groups excluding carboxylic acids is 1. The van der Waals surface area contributed by atoms with Gasteiger partial charge in [-0.25, -0.2) is 0 Å². The molecule has 0 atom stereocenters. The Balaban J connectivity index is 2.71. The maximum absolute atomic E-state index is 10.9. The van der Waals surface area contributed by atoms with Crippen molar-refractivity contribution in [1.82, 2.24) is 9.55 Å². The summed E-state index contributed by atoms with van der Waals surface area (Å²) in [6.07, 6.45) is 2.32. The summed E-state index contributed by atoms with van der Waals surface area (Å²) < 4.78 is 7.33. The van der Waals surface area contributed by atoms with Gasteiger partial charge in [0.1, 0.15) is 11.4 Å². The highest BCUT2D eigenvalue weighted by Crippen LogP contribution is 2.23. The Morgan fingerprint density at radius 2 is 2.19 bits per heavy atom. The minimum atomic E-state index is 0.464. The molecule has 0 aliphatic rings. The summed E-state index contributed by atoms with van der Waals surface area (Å²) in [4.78, 5) is 13.7. The molecule has 1 aromatic carbocycles.